The summed E-state index contributed by atoms with van der Waals surface area (Å²) in [6, 6.07) is 5.89. The molecule has 0 N–H and O–H groups in total. The molecule has 0 unspecified atom stereocenters. The van der Waals surface area contributed by atoms with Gasteiger partial charge in [-0.3, -0.25) is 0 Å². The van der Waals surface area contributed by atoms with Gasteiger partial charge in [0.15, 0.2) is 11.5 Å². The van der Waals surface area contributed by atoms with Crippen LogP contribution in [0.4, 0.5) is 12.9 Å². The molecule has 1 rings (SSSR count). The molecule has 0 saturated carbocycles. The average molecular weight is 244 g/mol. The molecule has 1 aromatic rings. The van der Waals surface area contributed by atoms with E-state index in [4.69, 9.17) is 10.00 Å². The van der Waals surface area contributed by atoms with E-state index in [2.05, 4.69) is 4.74 Å². The Morgan fingerprint density at radius 2 is 1.94 bits per heavy atom. The minimum Gasteiger partial charge on any atom is -0.519 e. The molecule has 0 heterocycles. The van der Waals surface area contributed by atoms with Crippen molar-refractivity contribution in [2.24, 2.45) is 0 Å². The lowest BCUT2D eigenvalue weighted by molar-refractivity contribution is 0.280. The van der Waals surface area contributed by atoms with Crippen molar-refractivity contribution in [3.8, 4) is 17.6 Å². The van der Waals surface area contributed by atoms with Crippen molar-refractivity contribution in [2.45, 2.75) is 6.92 Å². The first kappa shape index (κ1) is 13.2. The lowest BCUT2D eigenvalue weighted by atomic mass is 9.95. The Balaban J connectivity index is 2.87. The van der Waals surface area contributed by atoms with Gasteiger partial charge in [0.25, 0.3) is 0 Å². The summed E-state index contributed by atoms with van der Waals surface area (Å²) in [4.78, 5) is 0. The van der Waals surface area contributed by atoms with Crippen LogP contribution in [0.1, 0.15) is 12.5 Å². The zero-order valence-corrected chi connectivity index (χ0v) is 9.12. The molecular weight excluding hydrogens is 234 g/mol. The lowest BCUT2D eigenvalue weighted by Gasteiger charge is -2.17. The van der Waals surface area contributed by atoms with Crippen molar-refractivity contribution in [1.29, 1.82) is 5.26 Å². The predicted octanol–water partition coefficient (Wildman–Crippen LogP) is 2.72. The minimum absolute atomic E-state index is 0.00921. The van der Waals surface area contributed by atoms with Gasteiger partial charge in [-0.25, -0.2) is 0 Å². The van der Waals surface area contributed by atoms with Crippen LogP contribution < -0.4 is 9.47 Å². The minimum atomic E-state index is -5.01. The molecule has 0 atom stereocenters. The fourth-order valence-corrected chi connectivity index (χ4v) is 1.15. The Kier molecular flexibility index (Phi) is 4.27. The van der Waals surface area contributed by atoms with E-state index in [0.717, 1.165) is 0 Å². The van der Waals surface area contributed by atoms with Crippen LogP contribution in [0.5, 0.6) is 11.5 Å². The van der Waals surface area contributed by atoms with Crippen LogP contribution in [0.3, 0.4) is 0 Å². The second-order valence-corrected chi connectivity index (χ2v) is 3.23. The van der Waals surface area contributed by atoms with Crippen LogP contribution in [-0.2, 0) is 0 Å². The van der Waals surface area contributed by atoms with Gasteiger partial charge < -0.3 is 22.4 Å². The van der Waals surface area contributed by atoms with Crippen molar-refractivity contribution in [3.63, 3.8) is 0 Å². The van der Waals surface area contributed by atoms with E-state index in [0.29, 0.717) is 5.56 Å². The van der Waals surface area contributed by atoms with Crippen LogP contribution in [-0.4, -0.2) is 20.1 Å². The molecule has 1 aromatic carbocycles. The number of hydrogen-bond acceptors (Lipinski definition) is 3. The van der Waals surface area contributed by atoms with Crippen molar-refractivity contribution >= 4 is 6.98 Å². The normalized spacial score (nSPS) is 10.8. The van der Waals surface area contributed by atoms with E-state index in [1.165, 1.54) is 18.2 Å². The molecule has 0 aliphatic rings. The van der Waals surface area contributed by atoms with Gasteiger partial charge >= 0.3 is 6.98 Å². The molecule has 0 spiro atoms. The summed E-state index contributed by atoms with van der Waals surface area (Å²) in [6.07, 6.45) is 0. The molecule has 0 fully saturated rings. The first-order valence-electron chi connectivity index (χ1n) is 4.97. The Bertz CT molecular complexity index is 429. The van der Waals surface area contributed by atoms with Gasteiger partial charge in [-0.1, -0.05) is 0 Å². The van der Waals surface area contributed by atoms with Crippen LogP contribution >= 0.6 is 0 Å². The quantitative estimate of drug-likeness (QED) is 0.747. The number of rotatable bonds is 5. The van der Waals surface area contributed by atoms with Crippen molar-refractivity contribution < 1.29 is 22.4 Å². The molecule has 0 aliphatic carbocycles. The van der Waals surface area contributed by atoms with Gasteiger partial charge in [0, 0.05) is 6.07 Å². The molecule has 0 amide bonds. The van der Waals surface area contributed by atoms with Gasteiger partial charge in [-0.15, -0.1) is 0 Å². The van der Waals surface area contributed by atoms with Crippen LogP contribution in [0, 0.1) is 11.3 Å². The molecule has 0 aromatic heterocycles. The van der Waals surface area contributed by atoms with Crippen molar-refractivity contribution in [2.75, 3.05) is 13.1 Å². The molecule has 7 heteroatoms. The monoisotopic (exact) mass is 244 g/mol. The van der Waals surface area contributed by atoms with Crippen molar-refractivity contribution in [1.82, 2.24) is 0 Å². The van der Waals surface area contributed by atoms with Crippen molar-refractivity contribution in [3.05, 3.63) is 23.8 Å². The molecule has 0 radical (unpaired) electrons. The van der Waals surface area contributed by atoms with Gasteiger partial charge in [0.2, 0.25) is 0 Å². The number of nitriles is 1. The van der Waals surface area contributed by atoms with Crippen LogP contribution in [0.15, 0.2) is 18.2 Å². The third kappa shape index (κ3) is 4.27. The van der Waals surface area contributed by atoms with E-state index in [1.807, 2.05) is 6.07 Å². The zero-order valence-electron chi connectivity index (χ0n) is 9.12. The third-order valence-corrected chi connectivity index (χ3v) is 1.80. The fraction of sp³-hybridized carbons (Fsp3) is 0.300. The molecule has 92 valence electrons. The summed E-state index contributed by atoms with van der Waals surface area (Å²) >= 11 is 0. The maximum atomic E-state index is 12.0. The van der Waals surface area contributed by atoms with E-state index in [-0.39, 0.29) is 18.1 Å². The average Bonchev–Trinajstić information content (AvgIpc) is 2.26. The Hall–Kier alpha value is -1.84. The molecule has 0 bridgehead atoms. The molecule has 0 saturated heterocycles. The fourth-order valence-electron chi connectivity index (χ4n) is 1.15. The molecule has 0 aliphatic heterocycles. The first-order chi connectivity index (χ1) is 7.96. The van der Waals surface area contributed by atoms with E-state index in [9.17, 15) is 12.9 Å². The molecule has 3 nitrogen and oxygen atoms in total. The predicted molar refractivity (Wildman–Crippen MR) is 56.9 cm³/mol. The van der Waals surface area contributed by atoms with Gasteiger partial charge in [-0.2, -0.15) is 5.26 Å². The third-order valence-electron chi connectivity index (χ3n) is 1.80. The second-order valence-electron chi connectivity index (χ2n) is 3.23. The highest BCUT2D eigenvalue weighted by Gasteiger charge is 2.24. The summed E-state index contributed by atoms with van der Waals surface area (Å²) in [5, 5.41) is 8.66. The Labute approximate surface area is 96.8 Å². The summed E-state index contributed by atoms with van der Waals surface area (Å²) in [7, 11) is 0. The summed E-state index contributed by atoms with van der Waals surface area (Å²) < 4.78 is 45.9. The summed E-state index contributed by atoms with van der Waals surface area (Å²) in [6.45, 7) is -4.37. The van der Waals surface area contributed by atoms with E-state index >= 15 is 0 Å². The standard InChI is InChI=1S/C10H10BF3NO2/c1-2-16-10-5-8(6-15)3-4-9(10)17-7-11(12,13)14/h3-5H,2,7H2,1H3/q-1. The van der Waals surface area contributed by atoms with E-state index in [1.54, 1.807) is 6.92 Å². The highest BCUT2D eigenvalue weighted by Crippen LogP contribution is 2.29. The smallest absolute Gasteiger partial charge is 0.515 e. The number of nitrogens with zero attached hydrogens (tertiary/aromatic N) is 1. The number of halogens is 3. The van der Waals surface area contributed by atoms with Gasteiger partial charge in [0.05, 0.1) is 24.7 Å². The van der Waals surface area contributed by atoms with Crippen LogP contribution in [0.25, 0.3) is 0 Å². The first-order valence-corrected chi connectivity index (χ1v) is 4.97. The number of hydrogen-bond donors (Lipinski definition) is 0. The van der Waals surface area contributed by atoms with E-state index < -0.39 is 13.5 Å². The SMILES string of the molecule is CCOc1cc(C#N)ccc1OC[B-](F)(F)F. The largest absolute Gasteiger partial charge is 0.519 e. The second kappa shape index (κ2) is 5.48. The Morgan fingerprint density at radius 3 is 2.47 bits per heavy atom. The number of benzene rings is 1. The van der Waals surface area contributed by atoms with Gasteiger partial charge in [0.1, 0.15) is 0 Å². The molecule has 17 heavy (non-hydrogen) atoms. The van der Waals surface area contributed by atoms with Gasteiger partial charge in [-0.05, 0) is 19.1 Å². The summed E-state index contributed by atoms with van der Waals surface area (Å²) in [5.41, 5.74) is 0.304. The molecular formula is C10H10BF3NO2-. The lowest BCUT2D eigenvalue weighted by Crippen LogP contribution is -2.26. The van der Waals surface area contributed by atoms with Crippen LogP contribution in [0.2, 0.25) is 0 Å². The number of ether oxygens (including phenoxy) is 2. The maximum absolute atomic E-state index is 12.0. The highest BCUT2D eigenvalue weighted by molar-refractivity contribution is 6.58. The zero-order chi connectivity index (χ0) is 12.9. The maximum Gasteiger partial charge on any atom is 0.515 e. The summed E-state index contributed by atoms with van der Waals surface area (Å²) in [5.74, 6) is 0.136. The Morgan fingerprint density at radius 1 is 1.24 bits per heavy atom. The highest BCUT2D eigenvalue weighted by atomic mass is 19.4. The topological polar surface area (TPSA) is 42.2 Å².